The van der Waals surface area contributed by atoms with E-state index >= 15 is 0 Å². The summed E-state index contributed by atoms with van der Waals surface area (Å²) >= 11 is 0. The summed E-state index contributed by atoms with van der Waals surface area (Å²) in [7, 11) is 0. The molecule has 1 aromatic carbocycles. The van der Waals surface area contributed by atoms with Crippen molar-refractivity contribution in [2.75, 3.05) is 6.54 Å². The Hall–Kier alpha value is -1.99. The van der Waals surface area contributed by atoms with E-state index in [1.54, 1.807) is 6.92 Å². The lowest BCUT2D eigenvalue weighted by molar-refractivity contribution is 0.0928. The number of nitrogens with one attached hydrogen (secondary N) is 3. The Labute approximate surface area is 144 Å². The summed E-state index contributed by atoms with van der Waals surface area (Å²) in [6.07, 6.45) is 1.22. The largest absolute Gasteiger partial charge is 0.344 e. The van der Waals surface area contributed by atoms with E-state index in [0.717, 1.165) is 42.4 Å². The Morgan fingerprint density at radius 1 is 1.42 bits per heavy atom. The third-order valence-corrected chi connectivity index (χ3v) is 4.07. The maximum Gasteiger partial charge on any atom is 0.272 e. The molecule has 3 N–H and O–H groups in total. The molecule has 1 unspecified atom stereocenters. The molecule has 1 amide bonds. The molecule has 2 aromatic rings. The Morgan fingerprint density at radius 2 is 2.21 bits per heavy atom. The van der Waals surface area contributed by atoms with Gasteiger partial charge in [0.25, 0.3) is 5.91 Å². The summed E-state index contributed by atoms with van der Waals surface area (Å²) in [5.74, 6) is -1.46. The molecule has 130 valence electrons. The van der Waals surface area contributed by atoms with Crippen LogP contribution in [-0.2, 0) is 13.0 Å². The molecule has 5 nitrogen and oxygen atoms in total. The van der Waals surface area contributed by atoms with Gasteiger partial charge in [0.1, 0.15) is 11.6 Å². The van der Waals surface area contributed by atoms with Crippen molar-refractivity contribution in [3.05, 3.63) is 52.3 Å². The molecule has 0 bridgehead atoms. The minimum atomic E-state index is -0.609. The summed E-state index contributed by atoms with van der Waals surface area (Å²) in [6.45, 7) is 3.21. The molecule has 2 heterocycles. The molecule has 0 radical (unpaired) electrons. The second-order valence-electron chi connectivity index (χ2n) is 5.56. The lowest BCUT2D eigenvalue weighted by atomic mass is 10.0. The van der Waals surface area contributed by atoms with E-state index in [1.165, 1.54) is 0 Å². The lowest BCUT2D eigenvalue weighted by Gasteiger charge is -2.18. The third-order valence-electron chi connectivity index (χ3n) is 4.07. The average molecular weight is 357 g/mol. The zero-order valence-corrected chi connectivity index (χ0v) is 14.0. The van der Waals surface area contributed by atoms with Gasteiger partial charge < -0.3 is 10.6 Å². The molecule has 1 aromatic heterocycles. The number of benzene rings is 1. The number of carbonyl (C=O) groups is 1. The van der Waals surface area contributed by atoms with E-state index in [1.807, 2.05) is 0 Å². The standard InChI is InChI=1S/C16H18F2N4O.ClH/c1-2-13(10-7-9(17)3-4-12(10)18)20-16(23)15-11-8-19-6-5-14(11)21-22-15;/h3-4,7,13,19H,2,5-6,8H2,1H3,(H,20,23)(H,21,22);1H. The predicted octanol–water partition coefficient (Wildman–Crippen LogP) is 2.64. The first kappa shape index (κ1) is 18.4. The number of amides is 1. The van der Waals surface area contributed by atoms with Gasteiger partial charge in [0, 0.05) is 36.3 Å². The fourth-order valence-electron chi connectivity index (χ4n) is 2.82. The van der Waals surface area contributed by atoms with Crippen molar-refractivity contribution in [2.45, 2.75) is 32.4 Å². The van der Waals surface area contributed by atoms with Crippen LogP contribution in [0.3, 0.4) is 0 Å². The molecule has 1 aliphatic heterocycles. The van der Waals surface area contributed by atoms with Crippen molar-refractivity contribution in [3.63, 3.8) is 0 Å². The van der Waals surface area contributed by atoms with Crippen LogP contribution in [0.4, 0.5) is 8.78 Å². The first-order chi connectivity index (χ1) is 11.1. The zero-order valence-electron chi connectivity index (χ0n) is 13.2. The van der Waals surface area contributed by atoms with Gasteiger partial charge in [0.2, 0.25) is 0 Å². The highest BCUT2D eigenvalue weighted by atomic mass is 35.5. The minimum Gasteiger partial charge on any atom is -0.344 e. The molecule has 8 heteroatoms. The molecule has 1 atom stereocenters. The van der Waals surface area contributed by atoms with Crippen molar-refractivity contribution >= 4 is 18.3 Å². The first-order valence-corrected chi connectivity index (χ1v) is 7.62. The molecule has 0 aliphatic carbocycles. The van der Waals surface area contributed by atoms with Gasteiger partial charge in [0.15, 0.2) is 5.69 Å². The number of carbonyl (C=O) groups excluding carboxylic acids is 1. The lowest BCUT2D eigenvalue weighted by Crippen LogP contribution is -2.31. The number of fused-ring (bicyclic) bond motifs is 1. The van der Waals surface area contributed by atoms with Crippen molar-refractivity contribution in [3.8, 4) is 0 Å². The molecule has 3 rings (SSSR count). The number of aromatic amines is 1. The Bertz CT molecular complexity index is 735. The summed E-state index contributed by atoms with van der Waals surface area (Å²) < 4.78 is 27.3. The van der Waals surface area contributed by atoms with Crippen molar-refractivity contribution in [2.24, 2.45) is 0 Å². The van der Waals surface area contributed by atoms with Crippen LogP contribution in [0.1, 0.15) is 46.7 Å². The first-order valence-electron chi connectivity index (χ1n) is 7.62. The van der Waals surface area contributed by atoms with Crippen LogP contribution in [0.25, 0.3) is 0 Å². The summed E-state index contributed by atoms with van der Waals surface area (Å²) in [4.78, 5) is 12.5. The number of rotatable bonds is 4. The summed E-state index contributed by atoms with van der Waals surface area (Å²) in [5.41, 5.74) is 2.23. The normalized spacial score (nSPS) is 14.5. The van der Waals surface area contributed by atoms with Crippen LogP contribution in [-0.4, -0.2) is 22.6 Å². The predicted molar refractivity (Wildman–Crippen MR) is 88.1 cm³/mol. The van der Waals surface area contributed by atoms with Gasteiger partial charge in [-0.1, -0.05) is 6.92 Å². The monoisotopic (exact) mass is 356 g/mol. The maximum atomic E-state index is 13.9. The van der Waals surface area contributed by atoms with E-state index in [-0.39, 0.29) is 23.9 Å². The van der Waals surface area contributed by atoms with Crippen LogP contribution in [0.5, 0.6) is 0 Å². The van der Waals surface area contributed by atoms with Gasteiger partial charge in [-0.3, -0.25) is 9.89 Å². The number of hydrogen-bond donors (Lipinski definition) is 3. The average Bonchev–Trinajstić information content (AvgIpc) is 2.99. The van der Waals surface area contributed by atoms with Crippen LogP contribution < -0.4 is 10.6 Å². The van der Waals surface area contributed by atoms with E-state index in [0.29, 0.717) is 18.7 Å². The molecular formula is C16H19ClF2N4O. The Morgan fingerprint density at radius 3 is 2.96 bits per heavy atom. The molecule has 24 heavy (non-hydrogen) atoms. The van der Waals surface area contributed by atoms with Crippen LogP contribution >= 0.6 is 12.4 Å². The smallest absolute Gasteiger partial charge is 0.272 e. The van der Waals surface area contributed by atoms with Gasteiger partial charge in [-0.2, -0.15) is 5.10 Å². The topological polar surface area (TPSA) is 69.8 Å². The minimum absolute atomic E-state index is 0. The van der Waals surface area contributed by atoms with Gasteiger partial charge in [-0.15, -0.1) is 12.4 Å². The van der Waals surface area contributed by atoms with E-state index in [9.17, 15) is 13.6 Å². The molecule has 0 fully saturated rings. The van der Waals surface area contributed by atoms with E-state index < -0.39 is 17.7 Å². The van der Waals surface area contributed by atoms with Gasteiger partial charge in [0.05, 0.1) is 6.04 Å². The molecular weight excluding hydrogens is 338 g/mol. The number of aromatic nitrogens is 2. The highest BCUT2D eigenvalue weighted by Gasteiger charge is 2.24. The fourth-order valence-corrected chi connectivity index (χ4v) is 2.82. The SMILES string of the molecule is CCC(NC(=O)c1n[nH]c2c1CNCC2)c1cc(F)ccc1F.Cl. The van der Waals surface area contributed by atoms with Crippen molar-refractivity contribution in [1.29, 1.82) is 0 Å². The van der Waals surface area contributed by atoms with Crippen LogP contribution in [0.15, 0.2) is 18.2 Å². The number of hydrogen-bond acceptors (Lipinski definition) is 3. The summed E-state index contributed by atoms with van der Waals surface area (Å²) in [6, 6.07) is 2.64. The molecule has 0 saturated heterocycles. The Balaban J connectivity index is 0.00000208. The highest BCUT2D eigenvalue weighted by molar-refractivity contribution is 5.94. The van der Waals surface area contributed by atoms with Gasteiger partial charge in [-0.05, 0) is 24.6 Å². The number of nitrogens with zero attached hydrogens (tertiary/aromatic N) is 1. The zero-order chi connectivity index (χ0) is 16.4. The van der Waals surface area contributed by atoms with E-state index in [4.69, 9.17) is 0 Å². The van der Waals surface area contributed by atoms with Crippen molar-refractivity contribution in [1.82, 2.24) is 20.8 Å². The molecule has 0 saturated carbocycles. The van der Waals surface area contributed by atoms with Gasteiger partial charge >= 0.3 is 0 Å². The van der Waals surface area contributed by atoms with Crippen LogP contribution in [0.2, 0.25) is 0 Å². The van der Waals surface area contributed by atoms with E-state index in [2.05, 4.69) is 20.8 Å². The molecule has 1 aliphatic rings. The third kappa shape index (κ3) is 3.57. The second-order valence-corrected chi connectivity index (χ2v) is 5.56. The van der Waals surface area contributed by atoms with Crippen LogP contribution in [0, 0.1) is 11.6 Å². The highest BCUT2D eigenvalue weighted by Crippen LogP contribution is 2.22. The number of halogens is 3. The quantitative estimate of drug-likeness (QED) is 0.788. The Kier molecular flexibility index (Phi) is 5.90. The maximum absolute atomic E-state index is 13.9. The fraction of sp³-hybridized carbons (Fsp3) is 0.375. The van der Waals surface area contributed by atoms with Gasteiger partial charge in [-0.25, -0.2) is 8.78 Å². The van der Waals surface area contributed by atoms with Crippen molar-refractivity contribution < 1.29 is 13.6 Å². The second kappa shape index (κ2) is 7.72. The number of H-pyrrole nitrogens is 1. The summed E-state index contributed by atoms with van der Waals surface area (Å²) in [5, 5.41) is 12.9. The molecule has 0 spiro atoms.